The third-order valence-corrected chi connectivity index (χ3v) is 5.07. The van der Waals surface area contributed by atoms with E-state index in [4.69, 9.17) is 4.74 Å². The van der Waals surface area contributed by atoms with E-state index in [0.717, 1.165) is 18.5 Å². The molecule has 1 aromatic heterocycles. The molecule has 1 amide bonds. The molecule has 0 unspecified atom stereocenters. The van der Waals surface area contributed by atoms with Gasteiger partial charge in [-0.25, -0.2) is 9.48 Å². The van der Waals surface area contributed by atoms with Gasteiger partial charge in [-0.05, 0) is 51.0 Å². The molecular formula is C21H27N3O3. The summed E-state index contributed by atoms with van der Waals surface area (Å²) in [6.45, 7) is 3.93. The molecule has 0 bridgehead atoms. The number of aromatic nitrogens is 2. The highest BCUT2D eigenvalue weighted by molar-refractivity contribution is 5.94. The van der Waals surface area contributed by atoms with Gasteiger partial charge in [0.2, 0.25) is 0 Å². The second kappa shape index (κ2) is 8.84. The first-order valence-electron chi connectivity index (χ1n) is 9.73. The van der Waals surface area contributed by atoms with E-state index in [0.29, 0.717) is 23.4 Å². The monoisotopic (exact) mass is 369 g/mol. The van der Waals surface area contributed by atoms with E-state index < -0.39 is 0 Å². The minimum atomic E-state index is -0.374. The largest absolute Gasteiger partial charge is 0.462 e. The third-order valence-electron chi connectivity index (χ3n) is 5.07. The van der Waals surface area contributed by atoms with E-state index in [1.54, 1.807) is 23.7 Å². The number of nitrogens with one attached hydrogen (secondary N) is 1. The lowest BCUT2D eigenvalue weighted by atomic mass is 10.1. The van der Waals surface area contributed by atoms with Crippen molar-refractivity contribution in [3.63, 3.8) is 0 Å². The molecule has 27 heavy (non-hydrogen) atoms. The van der Waals surface area contributed by atoms with Crippen LogP contribution in [0.5, 0.6) is 0 Å². The third kappa shape index (κ3) is 4.56. The number of esters is 1. The van der Waals surface area contributed by atoms with Crippen LogP contribution in [-0.2, 0) is 4.74 Å². The van der Waals surface area contributed by atoms with Gasteiger partial charge >= 0.3 is 5.97 Å². The van der Waals surface area contributed by atoms with Crippen molar-refractivity contribution in [1.82, 2.24) is 15.1 Å². The molecule has 3 rings (SSSR count). The van der Waals surface area contributed by atoms with Crippen molar-refractivity contribution in [2.75, 3.05) is 6.61 Å². The van der Waals surface area contributed by atoms with Gasteiger partial charge in [0.1, 0.15) is 5.56 Å². The highest BCUT2D eigenvalue weighted by Crippen LogP contribution is 2.19. The van der Waals surface area contributed by atoms with E-state index in [1.165, 1.54) is 31.9 Å². The Hall–Kier alpha value is -2.63. The summed E-state index contributed by atoms with van der Waals surface area (Å²) in [5.41, 5.74) is 2.60. The van der Waals surface area contributed by atoms with E-state index in [-0.39, 0.29) is 17.9 Å². The van der Waals surface area contributed by atoms with Crippen LogP contribution >= 0.6 is 0 Å². The number of amides is 1. The van der Waals surface area contributed by atoms with Crippen LogP contribution in [0.25, 0.3) is 5.69 Å². The molecule has 0 radical (unpaired) electrons. The Kier molecular flexibility index (Phi) is 6.27. The van der Waals surface area contributed by atoms with Gasteiger partial charge in [-0.2, -0.15) is 5.10 Å². The van der Waals surface area contributed by atoms with Crippen LogP contribution in [0.2, 0.25) is 0 Å². The molecule has 6 nitrogen and oxygen atoms in total. The highest BCUT2D eigenvalue weighted by atomic mass is 16.5. The molecule has 1 aromatic carbocycles. The lowest BCUT2D eigenvalue weighted by molar-refractivity contribution is 0.0525. The average Bonchev–Trinajstić information content (AvgIpc) is 2.87. The van der Waals surface area contributed by atoms with Crippen molar-refractivity contribution in [1.29, 1.82) is 0 Å². The lowest BCUT2D eigenvalue weighted by Gasteiger charge is -2.16. The molecule has 0 atom stereocenters. The molecule has 1 N–H and O–H groups in total. The standard InChI is InChI=1S/C21H27N3O3/c1-3-27-21(26)19-14-22-24(15(19)2)18-12-10-16(11-13-18)20(25)23-17-8-6-4-5-7-9-17/h10-14,17H,3-9H2,1-2H3,(H,23,25). The molecule has 1 aliphatic carbocycles. The summed E-state index contributed by atoms with van der Waals surface area (Å²) in [6, 6.07) is 7.56. The van der Waals surface area contributed by atoms with Gasteiger partial charge in [-0.15, -0.1) is 0 Å². The van der Waals surface area contributed by atoms with Crippen molar-refractivity contribution in [2.24, 2.45) is 0 Å². The van der Waals surface area contributed by atoms with Gasteiger partial charge in [0.25, 0.3) is 5.91 Å². The molecule has 0 saturated heterocycles. The van der Waals surface area contributed by atoms with Gasteiger partial charge < -0.3 is 10.1 Å². The second-order valence-electron chi connectivity index (χ2n) is 6.98. The van der Waals surface area contributed by atoms with E-state index in [2.05, 4.69) is 10.4 Å². The number of ether oxygens (including phenoxy) is 1. The average molecular weight is 369 g/mol. The number of benzene rings is 1. The fourth-order valence-electron chi connectivity index (χ4n) is 3.53. The molecule has 0 spiro atoms. The van der Waals surface area contributed by atoms with Crippen LogP contribution in [0, 0.1) is 6.92 Å². The van der Waals surface area contributed by atoms with Crippen LogP contribution in [-0.4, -0.2) is 34.3 Å². The van der Waals surface area contributed by atoms with Gasteiger partial charge in [0.15, 0.2) is 0 Å². The predicted octanol–water partition coefficient (Wildman–Crippen LogP) is 3.81. The maximum absolute atomic E-state index is 12.5. The molecule has 0 aliphatic heterocycles. The molecule has 2 aromatic rings. The number of hydrogen-bond donors (Lipinski definition) is 1. The molecule has 144 valence electrons. The quantitative estimate of drug-likeness (QED) is 0.642. The second-order valence-corrected chi connectivity index (χ2v) is 6.98. The highest BCUT2D eigenvalue weighted by Gasteiger charge is 2.18. The number of carbonyl (C=O) groups is 2. The van der Waals surface area contributed by atoms with Crippen LogP contribution in [0.1, 0.15) is 71.9 Å². The minimum absolute atomic E-state index is 0.0298. The number of rotatable bonds is 5. The van der Waals surface area contributed by atoms with Gasteiger partial charge in [-0.3, -0.25) is 4.79 Å². The van der Waals surface area contributed by atoms with Gasteiger partial charge in [0, 0.05) is 11.6 Å². The number of nitrogens with zero attached hydrogens (tertiary/aromatic N) is 2. The summed E-state index contributed by atoms with van der Waals surface area (Å²) in [5.74, 6) is -0.404. The number of carbonyl (C=O) groups excluding carboxylic acids is 2. The lowest BCUT2D eigenvalue weighted by Crippen LogP contribution is -2.34. The Labute approximate surface area is 159 Å². The zero-order valence-corrected chi connectivity index (χ0v) is 16.0. The van der Waals surface area contributed by atoms with Crippen LogP contribution in [0.4, 0.5) is 0 Å². The van der Waals surface area contributed by atoms with Crippen molar-refractivity contribution in [2.45, 2.75) is 58.4 Å². The smallest absolute Gasteiger partial charge is 0.341 e. The summed E-state index contributed by atoms with van der Waals surface area (Å²) in [7, 11) is 0. The van der Waals surface area contributed by atoms with E-state index >= 15 is 0 Å². The molecule has 1 heterocycles. The fourth-order valence-corrected chi connectivity index (χ4v) is 3.53. The van der Waals surface area contributed by atoms with Crippen molar-refractivity contribution in [3.05, 3.63) is 47.3 Å². The van der Waals surface area contributed by atoms with Crippen LogP contribution in [0.15, 0.2) is 30.5 Å². The Bertz CT molecular complexity index is 788. The van der Waals surface area contributed by atoms with Crippen molar-refractivity contribution >= 4 is 11.9 Å². The zero-order chi connectivity index (χ0) is 19.2. The molecular weight excluding hydrogens is 342 g/mol. The summed E-state index contributed by atoms with van der Waals surface area (Å²) in [5, 5.41) is 7.44. The van der Waals surface area contributed by atoms with Crippen molar-refractivity contribution in [3.8, 4) is 5.69 Å². The fraction of sp³-hybridized carbons (Fsp3) is 0.476. The minimum Gasteiger partial charge on any atom is -0.462 e. The van der Waals surface area contributed by atoms with E-state index in [9.17, 15) is 9.59 Å². The summed E-state index contributed by atoms with van der Waals surface area (Å²) in [6.07, 6.45) is 8.53. The van der Waals surface area contributed by atoms with Crippen molar-refractivity contribution < 1.29 is 14.3 Å². The molecule has 1 fully saturated rings. The summed E-state index contributed by atoms with van der Waals surface area (Å²) in [4.78, 5) is 24.4. The van der Waals surface area contributed by atoms with Crippen LogP contribution < -0.4 is 5.32 Å². The first-order valence-corrected chi connectivity index (χ1v) is 9.73. The Balaban J connectivity index is 1.70. The number of hydrogen-bond acceptors (Lipinski definition) is 4. The topological polar surface area (TPSA) is 73.2 Å². The maximum atomic E-state index is 12.5. The van der Waals surface area contributed by atoms with Crippen LogP contribution in [0.3, 0.4) is 0 Å². The Morgan fingerprint density at radius 3 is 2.44 bits per heavy atom. The zero-order valence-electron chi connectivity index (χ0n) is 16.0. The van der Waals surface area contributed by atoms with Gasteiger partial charge in [0.05, 0.1) is 24.2 Å². The Morgan fingerprint density at radius 1 is 1.15 bits per heavy atom. The predicted molar refractivity (Wildman–Crippen MR) is 103 cm³/mol. The van der Waals surface area contributed by atoms with Gasteiger partial charge in [-0.1, -0.05) is 25.7 Å². The van der Waals surface area contributed by atoms with E-state index in [1.807, 2.05) is 19.1 Å². The molecule has 1 aliphatic rings. The normalized spacial score (nSPS) is 15.2. The molecule has 6 heteroatoms. The summed E-state index contributed by atoms with van der Waals surface area (Å²) < 4.78 is 6.72. The SMILES string of the molecule is CCOC(=O)c1cnn(-c2ccc(C(=O)NC3CCCCCC3)cc2)c1C. The first-order chi connectivity index (χ1) is 13.1. The summed E-state index contributed by atoms with van der Waals surface area (Å²) >= 11 is 0. The first kappa shape index (κ1) is 19.1. The Morgan fingerprint density at radius 2 is 1.81 bits per heavy atom. The maximum Gasteiger partial charge on any atom is 0.341 e. The molecule has 1 saturated carbocycles.